The monoisotopic (exact) mass is 455 g/mol. The first-order chi connectivity index (χ1) is 11.1. The lowest BCUT2D eigenvalue weighted by Crippen LogP contribution is -2.50. The lowest BCUT2D eigenvalue weighted by Gasteiger charge is -2.32. The van der Waals surface area contributed by atoms with E-state index in [1.54, 1.807) is 11.9 Å². The smallest absolute Gasteiger partial charge is 0.409 e. The summed E-state index contributed by atoms with van der Waals surface area (Å²) < 4.78 is 5.04. The highest BCUT2D eigenvalue weighted by molar-refractivity contribution is 14.0. The second kappa shape index (κ2) is 13.5. The van der Waals surface area contributed by atoms with E-state index in [0.29, 0.717) is 12.6 Å². The van der Waals surface area contributed by atoms with Gasteiger partial charge in [0, 0.05) is 39.3 Å². The van der Waals surface area contributed by atoms with Crippen molar-refractivity contribution in [3.05, 3.63) is 0 Å². The number of likely N-dealkylation sites (N-methyl/N-ethyl adjacent to an activating group) is 1. The Morgan fingerprint density at radius 2 is 1.88 bits per heavy atom. The molecule has 1 aliphatic rings. The van der Waals surface area contributed by atoms with Crippen LogP contribution in [0.1, 0.15) is 33.6 Å². The summed E-state index contributed by atoms with van der Waals surface area (Å²) in [5.74, 6) is 0.840. The van der Waals surface area contributed by atoms with Crippen LogP contribution in [-0.2, 0) is 4.74 Å². The standard InChI is InChI=1S/C16H33N5O2.HI/c1-5-20(6-2)13-10-18-15(17-4)19-14-8-11-21(12-9-14)16(22)23-7-3;/h14H,5-13H2,1-4H3,(H2,17,18,19);1H. The highest BCUT2D eigenvalue weighted by Crippen LogP contribution is 2.11. The van der Waals surface area contributed by atoms with Crippen LogP contribution in [0, 0.1) is 0 Å². The number of likely N-dealkylation sites (tertiary alicyclic amines) is 1. The number of piperidine rings is 1. The second-order valence-corrected chi connectivity index (χ2v) is 5.63. The van der Waals surface area contributed by atoms with Gasteiger partial charge in [-0.05, 0) is 32.9 Å². The molecule has 142 valence electrons. The van der Waals surface area contributed by atoms with Crippen molar-refractivity contribution in [3.8, 4) is 0 Å². The van der Waals surface area contributed by atoms with Crippen LogP contribution in [0.2, 0.25) is 0 Å². The molecule has 0 radical (unpaired) electrons. The average molecular weight is 455 g/mol. The summed E-state index contributed by atoms with van der Waals surface area (Å²) in [5.41, 5.74) is 0. The van der Waals surface area contributed by atoms with Crippen molar-refractivity contribution in [2.24, 2.45) is 4.99 Å². The molecule has 1 amide bonds. The highest BCUT2D eigenvalue weighted by atomic mass is 127. The number of ether oxygens (including phenoxy) is 1. The number of hydrogen-bond acceptors (Lipinski definition) is 4. The summed E-state index contributed by atoms with van der Waals surface area (Å²) >= 11 is 0. The molecule has 0 spiro atoms. The fourth-order valence-corrected chi connectivity index (χ4v) is 2.68. The molecule has 7 nitrogen and oxygen atoms in total. The Morgan fingerprint density at radius 3 is 2.38 bits per heavy atom. The molecule has 0 bridgehead atoms. The Bertz CT molecular complexity index is 369. The third kappa shape index (κ3) is 8.36. The van der Waals surface area contributed by atoms with Crippen molar-refractivity contribution in [1.29, 1.82) is 0 Å². The molecule has 0 aromatic heterocycles. The highest BCUT2D eigenvalue weighted by Gasteiger charge is 2.23. The fraction of sp³-hybridized carbons (Fsp3) is 0.875. The largest absolute Gasteiger partial charge is 0.450 e. The van der Waals surface area contributed by atoms with Gasteiger partial charge in [-0.3, -0.25) is 4.99 Å². The molecule has 1 aliphatic heterocycles. The molecule has 0 aliphatic carbocycles. The summed E-state index contributed by atoms with van der Waals surface area (Å²) in [4.78, 5) is 20.1. The van der Waals surface area contributed by atoms with Gasteiger partial charge in [-0.25, -0.2) is 4.79 Å². The second-order valence-electron chi connectivity index (χ2n) is 5.63. The number of hydrogen-bond donors (Lipinski definition) is 2. The van der Waals surface area contributed by atoms with E-state index >= 15 is 0 Å². The maximum absolute atomic E-state index is 11.7. The van der Waals surface area contributed by atoms with Gasteiger partial charge in [-0.15, -0.1) is 24.0 Å². The number of halogens is 1. The minimum Gasteiger partial charge on any atom is -0.450 e. The van der Waals surface area contributed by atoms with E-state index in [0.717, 1.165) is 58.1 Å². The number of rotatable bonds is 7. The Kier molecular flexibility index (Phi) is 13.1. The van der Waals surface area contributed by atoms with Gasteiger partial charge in [-0.2, -0.15) is 0 Å². The van der Waals surface area contributed by atoms with Gasteiger partial charge in [-0.1, -0.05) is 13.8 Å². The van der Waals surface area contributed by atoms with Crippen LogP contribution in [0.25, 0.3) is 0 Å². The summed E-state index contributed by atoms with van der Waals surface area (Å²) in [6, 6.07) is 0.348. The van der Waals surface area contributed by atoms with Crippen molar-refractivity contribution >= 4 is 36.0 Å². The van der Waals surface area contributed by atoms with Crippen molar-refractivity contribution in [1.82, 2.24) is 20.4 Å². The first-order valence-corrected chi connectivity index (χ1v) is 8.75. The first kappa shape index (κ1) is 23.2. The van der Waals surface area contributed by atoms with Crippen molar-refractivity contribution in [2.75, 3.05) is 52.9 Å². The molecule has 2 N–H and O–H groups in total. The molecule has 1 saturated heterocycles. The van der Waals surface area contributed by atoms with Gasteiger partial charge >= 0.3 is 6.09 Å². The maximum Gasteiger partial charge on any atom is 0.409 e. The van der Waals surface area contributed by atoms with Gasteiger partial charge in [0.25, 0.3) is 0 Å². The SMILES string of the molecule is CCOC(=O)N1CCC(NC(=NC)NCCN(CC)CC)CC1.I. The first-order valence-electron chi connectivity index (χ1n) is 8.75. The summed E-state index contributed by atoms with van der Waals surface area (Å²) in [6.07, 6.45) is 1.62. The third-order valence-electron chi connectivity index (χ3n) is 4.20. The van der Waals surface area contributed by atoms with Crippen LogP contribution >= 0.6 is 24.0 Å². The summed E-state index contributed by atoms with van der Waals surface area (Å²) in [5, 5.41) is 6.81. The zero-order valence-electron chi connectivity index (χ0n) is 15.5. The molecular weight excluding hydrogens is 421 g/mol. The van der Waals surface area contributed by atoms with Crippen molar-refractivity contribution < 1.29 is 9.53 Å². The number of guanidine groups is 1. The minimum absolute atomic E-state index is 0. The number of nitrogens with zero attached hydrogens (tertiary/aromatic N) is 3. The van der Waals surface area contributed by atoms with Gasteiger partial charge in [0.2, 0.25) is 0 Å². The van der Waals surface area contributed by atoms with E-state index in [1.807, 2.05) is 6.92 Å². The predicted molar refractivity (Wildman–Crippen MR) is 109 cm³/mol. The molecule has 1 rings (SSSR count). The van der Waals surface area contributed by atoms with Gasteiger partial charge in [0.05, 0.1) is 6.61 Å². The number of aliphatic imine (C=N–C) groups is 1. The molecule has 0 unspecified atom stereocenters. The lowest BCUT2D eigenvalue weighted by molar-refractivity contribution is 0.0963. The van der Waals surface area contributed by atoms with Gasteiger partial charge in [0.15, 0.2) is 5.96 Å². The minimum atomic E-state index is -0.201. The van der Waals surface area contributed by atoms with E-state index in [4.69, 9.17) is 4.74 Å². The van der Waals surface area contributed by atoms with Crippen molar-refractivity contribution in [2.45, 2.75) is 39.7 Å². The molecule has 8 heteroatoms. The average Bonchev–Trinajstić information content (AvgIpc) is 2.58. The third-order valence-corrected chi connectivity index (χ3v) is 4.20. The number of nitrogens with one attached hydrogen (secondary N) is 2. The van der Waals surface area contributed by atoms with Crippen LogP contribution in [0.15, 0.2) is 4.99 Å². The Morgan fingerprint density at radius 1 is 1.25 bits per heavy atom. The Labute approximate surface area is 163 Å². The number of amides is 1. The molecule has 24 heavy (non-hydrogen) atoms. The zero-order valence-corrected chi connectivity index (χ0v) is 17.8. The Balaban J connectivity index is 0.00000529. The van der Waals surface area contributed by atoms with Crippen LogP contribution in [0.3, 0.4) is 0 Å². The molecule has 0 saturated carbocycles. The lowest BCUT2D eigenvalue weighted by atomic mass is 10.1. The van der Waals surface area contributed by atoms with Crippen LogP contribution in [-0.4, -0.2) is 80.8 Å². The molecule has 0 aromatic rings. The van der Waals surface area contributed by atoms with E-state index in [9.17, 15) is 4.79 Å². The van der Waals surface area contributed by atoms with Crippen LogP contribution < -0.4 is 10.6 Å². The molecule has 1 fully saturated rings. The van der Waals surface area contributed by atoms with Crippen molar-refractivity contribution in [3.63, 3.8) is 0 Å². The number of carbonyl (C=O) groups excluding carboxylic acids is 1. The van der Waals surface area contributed by atoms with E-state index < -0.39 is 0 Å². The zero-order chi connectivity index (χ0) is 17.1. The van der Waals surface area contributed by atoms with E-state index in [-0.39, 0.29) is 30.1 Å². The van der Waals surface area contributed by atoms with Crippen LogP contribution in [0.5, 0.6) is 0 Å². The Hall–Kier alpha value is -0.770. The van der Waals surface area contributed by atoms with E-state index in [2.05, 4.69) is 34.4 Å². The quantitative estimate of drug-likeness (QED) is 0.348. The molecular formula is C16H34IN5O2. The maximum atomic E-state index is 11.7. The summed E-state index contributed by atoms with van der Waals surface area (Å²) in [6.45, 7) is 12.1. The molecule has 1 heterocycles. The van der Waals surface area contributed by atoms with E-state index in [1.165, 1.54) is 0 Å². The topological polar surface area (TPSA) is 69.2 Å². The van der Waals surface area contributed by atoms with Crippen LogP contribution in [0.4, 0.5) is 4.79 Å². The molecule has 0 atom stereocenters. The fourth-order valence-electron chi connectivity index (χ4n) is 2.68. The number of carbonyl (C=O) groups is 1. The molecule has 0 aromatic carbocycles. The van der Waals surface area contributed by atoms with Gasteiger partial charge < -0.3 is 25.2 Å². The van der Waals surface area contributed by atoms with Gasteiger partial charge in [0.1, 0.15) is 0 Å². The predicted octanol–water partition coefficient (Wildman–Crippen LogP) is 1.73. The normalized spacial score (nSPS) is 15.9. The summed E-state index contributed by atoms with van der Waals surface area (Å²) in [7, 11) is 1.79.